The average Bonchev–Trinajstić information content (AvgIpc) is 2.26. The van der Waals surface area contributed by atoms with Gasteiger partial charge in [0.2, 0.25) is 0 Å². The van der Waals surface area contributed by atoms with Crippen molar-refractivity contribution in [3.05, 3.63) is 41.5 Å². The van der Waals surface area contributed by atoms with Crippen LogP contribution in [0.4, 0.5) is 0 Å². The molecule has 0 fully saturated rings. The summed E-state index contributed by atoms with van der Waals surface area (Å²) in [6.07, 6.45) is 4.34. The molecule has 0 aliphatic rings. The molecule has 0 aromatic heterocycles. The second kappa shape index (κ2) is 5.99. The first-order valence-corrected chi connectivity index (χ1v) is 6.36. The lowest BCUT2D eigenvalue weighted by atomic mass is 10.1. The van der Waals surface area contributed by atoms with Crippen molar-refractivity contribution >= 4 is 11.8 Å². The average molecular weight is 221 g/mol. The number of nitrogens with one attached hydrogen (secondary N) is 1. The van der Waals surface area contributed by atoms with E-state index >= 15 is 0 Å². The summed E-state index contributed by atoms with van der Waals surface area (Å²) in [5, 5.41) is 3.30. The minimum atomic E-state index is 0.325. The monoisotopic (exact) mass is 221 g/mol. The number of allylic oxidation sites excluding steroid dienone is 1. The fraction of sp³-hybridized carbons (Fsp3) is 0.385. The van der Waals surface area contributed by atoms with E-state index in [1.54, 1.807) is 11.8 Å². The second-order valence-corrected chi connectivity index (χ2v) is 4.66. The van der Waals surface area contributed by atoms with Crippen LogP contribution in [0.15, 0.2) is 40.8 Å². The van der Waals surface area contributed by atoms with Gasteiger partial charge in [-0.3, -0.25) is 0 Å². The molecule has 1 unspecified atom stereocenters. The van der Waals surface area contributed by atoms with E-state index < -0.39 is 0 Å². The summed E-state index contributed by atoms with van der Waals surface area (Å²) in [5.41, 5.74) is 2.65. The molecular formula is C13H19NS. The van der Waals surface area contributed by atoms with E-state index in [0.29, 0.717) is 6.04 Å². The van der Waals surface area contributed by atoms with Crippen molar-refractivity contribution < 1.29 is 0 Å². The molecule has 2 heteroatoms. The second-order valence-electron chi connectivity index (χ2n) is 3.78. The first-order chi connectivity index (χ1) is 7.17. The van der Waals surface area contributed by atoms with Crippen LogP contribution in [0.1, 0.15) is 25.5 Å². The molecule has 0 saturated heterocycles. The summed E-state index contributed by atoms with van der Waals surface area (Å²) in [5.74, 6) is 0. The van der Waals surface area contributed by atoms with Gasteiger partial charge in [-0.15, -0.1) is 11.8 Å². The first kappa shape index (κ1) is 12.3. The lowest BCUT2D eigenvalue weighted by molar-refractivity contribution is 0.709. The van der Waals surface area contributed by atoms with Crippen molar-refractivity contribution in [2.75, 3.05) is 13.3 Å². The van der Waals surface area contributed by atoms with E-state index in [1.807, 2.05) is 7.05 Å². The van der Waals surface area contributed by atoms with E-state index in [9.17, 15) is 0 Å². The van der Waals surface area contributed by atoms with Crippen LogP contribution in [0.5, 0.6) is 0 Å². The maximum absolute atomic E-state index is 3.30. The zero-order valence-corrected chi connectivity index (χ0v) is 10.7. The lowest BCUT2D eigenvalue weighted by Gasteiger charge is -2.13. The Labute approximate surface area is 97.0 Å². The van der Waals surface area contributed by atoms with Crippen LogP contribution in [0, 0.1) is 0 Å². The molecule has 0 bridgehead atoms. The molecule has 1 aromatic carbocycles. The topological polar surface area (TPSA) is 12.0 Å². The Morgan fingerprint density at radius 1 is 1.27 bits per heavy atom. The van der Waals surface area contributed by atoms with Gasteiger partial charge in [-0.25, -0.2) is 0 Å². The molecule has 1 nitrogen and oxygen atoms in total. The van der Waals surface area contributed by atoms with Crippen LogP contribution < -0.4 is 5.32 Å². The Kier molecular flexibility index (Phi) is 4.92. The molecule has 0 spiro atoms. The van der Waals surface area contributed by atoms with Gasteiger partial charge < -0.3 is 5.32 Å². The van der Waals surface area contributed by atoms with E-state index in [2.05, 4.69) is 55.8 Å². The van der Waals surface area contributed by atoms with Gasteiger partial charge in [-0.1, -0.05) is 23.8 Å². The SMILES string of the molecule is CNC(C=C(C)C)c1ccc(SC)cc1. The predicted octanol–water partition coefficient (Wildman–Crippen LogP) is 3.64. The standard InChI is InChI=1S/C13H19NS/c1-10(2)9-13(14-3)11-5-7-12(15-4)8-6-11/h5-9,13-14H,1-4H3. The van der Waals surface area contributed by atoms with Gasteiger partial charge in [-0.2, -0.15) is 0 Å². The number of hydrogen-bond donors (Lipinski definition) is 1. The normalized spacial score (nSPS) is 12.3. The molecule has 0 radical (unpaired) electrons. The van der Waals surface area contributed by atoms with E-state index in [-0.39, 0.29) is 0 Å². The molecule has 1 aromatic rings. The highest BCUT2D eigenvalue weighted by Gasteiger charge is 2.04. The van der Waals surface area contributed by atoms with Crippen molar-refractivity contribution in [3.8, 4) is 0 Å². The molecule has 0 heterocycles. The Morgan fingerprint density at radius 3 is 2.27 bits per heavy atom. The van der Waals surface area contributed by atoms with Gasteiger partial charge in [0.25, 0.3) is 0 Å². The van der Waals surface area contributed by atoms with Gasteiger partial charge in [0, 0.05) is 4.90 Å². The van der Waals surface area contributed by atoms with Gasteiger partial charge in [0.15, 0.2) is 0 Å². The fourth-order valence-electron chi connectivity index (χ4n) is 1.49. The van der Waals surface area contributed by atoms with Crippen LogP contribution in [0.3, 0.4) is 0 Å². The van der Waals surface area contributed by atoms with Crippen molar-refractivity contribution in [1.29, 1.82) is 0 Å². The largest absolute Gasteiger partial charge is 0.310 e. The Hall–Kier alpha value is -0.730. The van der Waals surface area contributed by atoms with Crippen LogP contribution >= 0.6 is 11.8 Å². The van der Waals surface area contributed by atoms with Gasteiger partial charge in [0.1, 0.15) is 0 Å². The molecule has 0 aliphatic heterocycles. The maximum atomic E-state index is 3.30. The molecule has 0 aliphatic carbocycles. The first-order valence-electron chi connectivity index (χ1n) is 5.13. The van der Waals surface area contributed by atoms with Crippen molar-refractivity contribution in [2.45, 2.75) is 24.8 Å². The van der Waals surface area contributed by atoms with E-state index in [4.69, 9.17) is 0 Å². The highest BCUT2D eigenvalue weighted by Crippen LogP contribution is 2.20. The van der Waals surface area contributed by atoms with Gasteiger partial charge >= 0.3 is 0 Å². The molecule has 1 N–H and O–H groups in total. The Bertz CT molecular complexity index is 323. The third-order valence-electron chi connectivity index (χ3n) is 2.29. The minimum absolute atomic E-state index is 0.325. The Morgan fingerprint density at radius 2 is 1.87 bits per heavy atom. The number of rotatable bonds is 4. The summed E-state index contributed by atoms with van der Waals surface area (Å²) < 4.78 is 0. The summed E-state index contributed by atoms with van der Waals surface area (Å²) >= 11 is 1.77. The molecule has 0 amide bonds. The van der Waals surface area contributed by atoms with Crippen LogP contribution in [-0.4, -0.2) is 13.3 Å². The van der Waals surface area contributed by atoms with Gasteiger partial charge in [0.05, 0.1) is 6.04 Å². The number of thioether (sulfide) groups is 1. The zero-order valence-electron chi connectivity index (χ0n) is 9.87. The van der Waals surface area contributed by atoms with E-state index in [0.717, 1.165) is 0 Å². The van der Waals surface area contributed by atoms with Crippen molar-refractivity contribution in [3.63, 3.8) is 0 Å². The van der Waals surface area contributed by atoms with Crippen molar-refractivity contribution in [1.82, 2.24) is 5.32 Å². The number of likely N-dealkylation sites (N-methyl/N-ethyl adjacent to an activating group) is 1. The molecule has 1 rings (SSSR count). The predicted molar refractivity (Wildman–Crippen MR) is 69.5 cm³/mol. The zero-order chi connectivity index (χ0) is 11.3. The van der Waals surface area contributed by atoms with Crippen molar-refractivity contribution in [2.24, 2.45) is 0 Å². The van der Waals surface area contributed by atoms with Crippen LogP contribution in [0.25, 0.3) is 0 Å². The number of hydrogen-bond acceptors (Lipinski definition) is 2. The summed E-state index contributed by atoms with van der Waals surface area (Å²) in [4.78, 5) is 1.31. The lowest BCUT2D eigenvalue weighted by Crippen LogP contribution is -2.14. The third-order valence-corrected chi connectivity index (χ3v) is 3.03. The molecule has 0 saturated carbocycles. The molecular weight excluding hydrogens is 202 g/mol. The fourth-order valence-corrected chi connectivity index (χ4v) is 1.90. The summed E-state index contributed by atoms with van der Waals surface area (Å²) in [6, 6.07) is 9.04. The van der Waals surface area contributed by atoms with Crippen LogP contribution in [0.2, 0.25) is 0 Å². The van der Waals surface area contributed by atoms with Gasteiger partial charge in [-0.05, 0) is 44.8 Å². The highest BCUT2D eigenvalue weighted by molar-refractivity contribution is 7.98. The highest BCUT2D eigenvalue weighted by atomic mass is 32.2. The summed E-state index contributed by atoms with van der Waals surface area (Å²) in [6.45, 7) is 4.25. The number of benzene rings is 1. The third kappa shape index (κ3) is 3.73. The minimum Gasteiger partial charge on any atom is -0.310 e. The smallest absolute Gasteiger partial charge is 0.0506 e. The summed E-state index contributed by atoms with van der Waals surface area (Å²) in [7, 11) is 1.99. The molecule has 1 atom stereocenters. The molecule has 82 valence electrons. The molecule has 15 heavy (non-hydrogen) atoms. The quantitative estimate of drug-likeness (QED) is 0.615. The van der Waals surface area contributed by atoms with E-state index in [1.165, 1.54) is 16.0 Å². The van der Waals surface area contributed by atoms with Crippen LogP contribution in [-0.2, 0) is 0 Å². The Balaban J connectivity index is 2.88. The maximum Gasteiger partial charge on any atom is 0.0506 e.